The lowest BCUT2D eigenvalue weighted by Gasteiger charge is -2.00. The molecule has 0 radical (unpaired) electrons. The second kappa shape index (κ2) is 5.17. The molecule has 2 N–H and O–H groups in total. The number of rotatable bonds is 4. The van der Waals surface area contributed by atoms with Crippen LogP contribution in [-0.2, 0) is 0 Å². The third-order valence-electron chi connectivity index (χ3n) is 1.44. The fourth-order valence-corrected chi connectivity index (χ4v) is 1.74. The van der Waals surface area contributed by atoms with Gasteiger partial charge in [-0.25, -0.2) is 4.39 Å². The van der Waals surface area contributed by atoms with Crippen molar-refractivity contribution >= 4 is 11.8 Å². The third-order valence-corrected chi connectivity index (χ3v) is 2.58. The highest BCUT2D eigenvalue weighted by molar-refractivity contribution is 7.99. The van der Waals surface area contributed by atoms with Crippen molar-refractivity contribution in [1.29, 1.82) is 0 Å². The molecule has 1 aromatic carbocycles. The average molecular weight is 185 g/mol. The van der Waals surface area contributed by atoms with Crippen molar-refractivity contribution in [2.45, 2.75) is 11.3 Å². The lowest BCUT2D eigenvalue weighted by molar-refractivity contribution is 0.602. The molecule has 0 saturated heterocycles. The van der Waals surface area contributed by atoms with Crippen LogP contribution in [-0.4, -0.2) is 12.3 Å². The summed E-state index contributed by atoms with van der Waals surface area (Å²) in [5, 5.41) is 0. The van der Waals surface area contributed by atoms with Crippen molar-refractivity contribution in [2.24, 2.45) is 5.73 Å². The van der Waals surface area contributed by atoms with Crippen molar-refractivity contribution in [3.8, 4) is 0 Å². The van der Waals surface area contributed by atoms with Crippen molar-refractivity contribution in [1.82, 2.24) is 0 Å². The highest BCUT2D eigenvalue weighted by Gasteiger charge is 1.99. The maximum atomic E-state index is 13.0. The molecule has 1 aromatic rings. The molecule has 0 aliphatic heterocycles. The Bertz CT molecular complexity index is 240. The quantitative estimate of drug-likeness (QED) is 0.575. The van der Waals surface area contributed by atoms with E-state index in [0.717, 1.165) is 12.2 Å². The zero-order valence-electron chi connectivity index (χ0n) is 6.79. The van der Waals surface area contributed by atoms with Crippen LogP contribution in [0.5, 0.6) is 0 Å². The lowest BCUT2D eigenvalue weighted by atomic mass is 10.3. The molecule has 3 heteroatoms. The predicted molar refractivity (Wildman–Crippen MR) is 50.8 cm³/mol. The Morgan fingerprint density at radius 1 is 1.33 bits per heavy atom. The molecule has 0 aromatic heterocycles. The summed E-state index contributed by atoms with van der Waals surface area (Å²) < 4.78 is 13.0. The van der Waals surface area contributed by atoms with Crippen LogP contribution < -0.4 is 5.73 Å². The van der Waals surface area contributed by atoms with Gasteiger partial charge in [0.25, 0.3) is 0 Å². The van der Waals surface area contributed by atoms with Crippen LogP contribution in [0, 0.1) is 5.82 Å². The van der Waals surface area contributed by atoms with Crippen LogP contribution >= 0.6 is 11.8 Å². The first-order valence-corrected chi connectivity index (χ1v) is 4.90. The summed E-state index contributed by atoms with van der Waals surface area (Å²) >= 11 is 1.52. The Kier molecular flexibility index (Phi) is 4.11. The van der Waals surface area contributed by atoms with Gasteiger partial charge in [0.1, 0.15) is 5.82 Å². The van der Waals surface area contributed by atoms with Gasteiger partial charge < -0.3 is 5.73 Å². The maximum absolute atomic E-state index is 13.0. The molecule has 0 fully saturated rings. The van der Waals surface area contributed by atoms with Crippen molar-refractivity contribution in [3.05, 3.63) is 30.1 Å². The minimum atomic E-state index is -0.139. The van der Waals surface area contributed by atoms with Gasteiger partial charge in [0, 0.05) is 4.90 Å². The van der Waals surface area contributed by atoms with Crippen LogP contribution in [0.25, 0.3) is 0 Å². The summed E-state index contributed by atoms with van der Waals surface area (Å²) in [5.41, 5.74) is 5.32. The van der Waals surface area contributed by atoms with Gasteiger partial charge in [0.2, 0.25) is 0 Å². The Morgan fingerprint density at radius 2 is 2.08 bits per heavy atom. The molecular formula is C9H12FNS. The monoisotopic (exact) mass is 185 g/mol. The van der Waals surface area contributed by atoms with E-state index in [1.165, 1.54) is 17.8 Å². The van der Waals surface area contributed by atoms with E-state index in [4.69, 9.17) is 5.73 Å². The number of benzene rings is 1. The molecule has 1 nitrogen and oxygen atoms in total. The summed E-state index contributed by atoms with van der Waals surface area (Å²) in [6.07, 6.45) is 0.930. The Balaban J connectivity index is 2.46. The topological polar surface area (TPSA) is 26.0 Å². The molecule has 0 aliphatic carbocycles. The fraction of sp³-hybridized carbons (Fsp3) is 0.333. The van der Waals surface area contributed by atoms with Crippen LogP contribution in [0.15, 0.2) is 29.2 Å². The van der Waals surface area contributed by atoms with Crippen molar-refractivity contribution in [3.63, 3.8) is 0 Å². The van der Waals surface area contributed by atoms with Crippen LogP contribution in [0.2, 0.25) is 0 Å². The van der Waals surface area contributed by atoms with Gasteiger partial charge in [-0.2, -0.15) is 0 Å². The van der Waals surface area contributed by atoms with E-state index < -0.39 is 0 Å². The molecule has 0 heterocycles. The average Bonchev–Trinajstić information content (AvgIpc) is 2.09. The Labute approximate surface area is 76.2 Å². The smallest absolute Gasteiger partial charge is 0.136 e. The van der Waals surface area contributed by atoms with E-state index in [9.17, 15) is 4.39 Å². The van der Waals surface area contributed by atoms with E-state index in [0.29, 0.717) is 11.4 Å². The van der Waals surface area contributed by atoms with Gasteiger partial charge in [-0.1, -0.05) is 12.1 Å². The van der Waals surface area contributed by atoms with Gasteiger partial charge in [0.05, 0.1) is 0 Å². The molecule has 0 spiro atoms. The SMILES string of the molecule is NCCCSc1ccccc1F. The number of hydrogen-bond acceptors (Lipinski definition) is 2. The summed E-state index contributed by atoms with van der Waals surface area (Å²) in [6.45, 7) is 0.668. The molecular weight excluding hydrogens is 173 g/mol. The van der Waals surface area contributed by atoms with E-state index in [-0.39, 0.29) is 5.82 Å². The molecule has 66 valence electrons. The van der Waals surface area contributed by atoms with E-state index in [2.05, 4.69) is 0 Å². The van der Waals surface area contributed by atoms with Gasteiger partial charge >= 0.3 is 0 Å². The molecule has 0 bridgehead atoms. The van der Waals surface area contributed by atoms with Gasteiger partial charge in [-0.15, -0.1) is 11.8 Å². The summed E-state index contributed by atoms with van der Waals surface area (Å²) in [6, 6.07) is 6.80. The first-order chi connectivity index (χ1) is 5.84. The van der Waals surface area contributed by atoms with Crippen LogP contribution in [0.1, 0.15) is 6.42 Å². The Hall–Kier alpha value is -0.540. The highest BCUT2D eigenvalue weighted by Crippen LogP contribution is 2.21. The van der Waals surface area contributed by atoms with Gasteiger partial charge in [0.15, 0.2) is 0 Å². The van der Waals surface area contributed by atoms with Gasteiger partial charge in [-0.3, -0.25) is 0 Å². The van der Waals surface area contributed by atoms with E-state index in [1.807, 2.05) is 6.07 Å². The molecule has 12 heavy (non-hydrogen) atoms. The van der Waals surface area contributed by atoms with Crippen molar-refractivity contribution in [2.75, 3.05) is 12.3 Å². The second-order valence-electron chi connectivity index (χ2n) is 2.42. The van der Waals surface area contributed by atoms with Crippen LogP contribution in [0.3, 0.4) is 0 Å². The maximum Gasteiger partial charge on any atom is 0.136 e. The second-order valence-corrected chi connectivity index (χ2v) is 3.56. The fourth-order valence-electron chi connectivity index (χ4n) is 0.827. The zero-order valence-corrected chi connectivity index (χ0v) is 7.61. The number of hydrogen-bond donors (Lipinski definition) is 1. The Morgan fingerprint density at radius 3 is 2.75 bits per heavy atom. The number of nitrogens with two attached hydrogens (primary N) is 1. The summed E-state index contributed by atoms with van der Waals surface area (Å²) in [4.78, 5) is 0.714. The number of halogens is 1. The van der Waals surface area contributed by atoms with Crippen LogP contribution in [0.4, 0.5) is 4.39 Å². The molecule has 0 aliphatic rings. The lowest BCUT2D eigenvalue weighted by Crippen LogP contribution is -1.99. The first-order valence-electron chi connectivity index (χ1n) is 3.92. The minimum absolute atomic E-state index is 0.139. The molecule has 0 saturated carbocycles. The molecule has 1 rings (SSSR count). The van der Waals surface area contributed by atoms with E-state index >= 15 is 0 Å². The molecule has 0 atom stereocenters. The highest BCUT2D eigenvalue weighted by atomic mass is 32.2. The first kappa shape index (κ1) is 9.55. The number of thioether (sulfide) groups is 1. The standard InChI is InChI=1S/C9H12FNS/c10-8-4-1-2-5-9(8)12-7-3-6-11/h1-2,4-5H,3,6-7,11H2. The third kappa shape index (κ3) is 2.83. The molecule has 0 unspecified atom stereocenters. The van der Waals surface area contributed by atoms with Gasteiger partial charge in [-0.05, 0) is 30.9 Å². The largest absolute Gasteiger partial charge is 0.330 e. The zero-order chi connectivity index (χ0) is 8.81. The predicted octanol–water partition coefficient (Wildman–Crippen LogP) is 2.27. The normalized spacial score (nSPS) is 10.2. The van der Waals surface area contributed by atoms with Crippen molar-refractivity contribution < 1.29 is 4.39 Å². The van der Waals surface area contributed by atoms with E-state index in [1.54, 1.807) is 12.1 Å². The summed E-state index contributed by atoms with van der Waals surface area (Å²) in [5.74, 6) is 0.747. The summed E-state index contributed by atoms with van der Waals surface area (Å²) in [7, 11) is 0. The molecule has 0 amide bonds. The minimum Gasteiger partial charge on any atom is -0.330 e.